The topological polar surface area (TPSA) is 81.9 Å². The van der Waals surface area contributed by atoms with Crippen LogP contribution in [0.5, 0.6) is 5.75 Å². The van der Waals surface area contributed by atoms with Gasteiger partial charge in [0.2, 0.25) is 0 Å². The van der Waals surface area contributed by atoms with Gasteiger partial charge >= 0.3 is 0 Å². The third kappa shape index (κ3) is 3.87. The zero-order valence-electron chi connectivity index (χ0n) is 12.4. The van der Waals surface area contributed by atoms with E-state index >= 15 is 0 Å². The minimum absolute atomic E-state index is 0.0686. The fourth-order valence-electron chi connectivity index (χ4n) is 2.41. The van der Waals surface area contributed by atoms with Crippen molar-refractivity contribution in [1.82, 2.24) is 4.90 Å². The van der Waals surface area contributed by atoms with Gasteiger partial charge in [0.05, 0.1) is 36.2 Å². The lowest BCUT2D eigenvalue weighted by molar-refractivity contribution is -0.0145. The summed E-state index contributed by atoms with van der Waals surface area (Å²) in [6, 6.07) is 4.65. The highest BCUT2D eigenvalue weighted by atomic mass is 32.2. The molecule has 2 rings (SSSR count). The molecule has 1 aromatic carbocycles. The Labute approximate surface area is 125 Å². The van der Waals surface area contributed by atoms with Crippen LogP contribution < -0.4 is 10.5 Å². The predicted molar refractivity (Wildman–Crippen MR) is 81.3 cm³/mol. The smallest absolute Gasteiger partial charge is 0.183 e. The van der Waals surface area contributed by atoms with Crippen molar-refractivity contribution in [2.75, 3.05) is 44.8 Å². The van der Waals surface area contributed by atoms with E-state index in [-0.39, 0.29) is 22.4 Å². The average Bonchev–Trinajstić information content (AvgIpc) is 2.47. The summed E-state index contributed by atoms with van der Waals surface area (Å²) in [4.78, 5) is 2.29. The van der Waals surface area contributed by atoms with Gasteiger partial charge in [-0.3, -0.25) is 4.90 Å². The fraction of sp³-hybridized carbons (Fsp3) is 0.571. The van der Waals surface area contributed by atoms with Gasteiger partial charge < -0.3 is 15.2 Å². The van der Waals surface area contributed by atoms with E-state index < -0.39 is 9.84 Å². The second-order valence-electron chi connectivity index (χ2n) is 5.07. The fourth-order valence-corrected chi connectivity index (χ4v) is 4.01. The maximum Gasteiger partial charge on any atom is 0.183 e. The molecule has 1 saturated heterocycles. The monoisotopic (exact) mass is 314 g/mol. The standard InChI is InChI=1S/C14H22N2O4S/c1-3-16-6-7-20-12(9-16)10-21(17,18)14-8-11(19-2)4-5-13(14)15/h4-5,8,12H,3,6-7,9-10,15H2,1-2H3. The summed E-state index contributed by atoms with van der Waals surface area (Å²) in [6.07, 6.45) is -0.325. The lowest BCUT2D eigenvalue weighted by Crippen LogP contribution is -2.45. The number of nitrogens with zero attached hydrogens (tertiary/aromatic N) is 1. The highest BCUT2D eigenvalue weighted by Crippen LogP contribution is 2.26. The van der Waals surface area contributed by atoms with E-state index in [0.29, 0.717) is 18.9 Å². The summed E-state index contributed by atoms with van der Waals surface area (Å²) >= 11 is 0. The minimum Gasteiger partial charge on any atom is -0.497 e. The number of sulfone groups is 1. The van der Waals surface area contributed by atoms with Gasteiger partial charge in [-0.2, -0.15) is 0 Å². The third-order valence-electron chi connectivity index (χ3n) is 3.63. The van der Waals surface area contributed by atoms with Gasteiger partial charge in [-0.1, -0.05) is 6.92 Å². The molecule has 0 bridgehead atoms. The normalized spacial score (nSPS) is 20.4. The summed E-state index contributed by atoms with van der Waals surface area (Å²) in [5, 5.41) is 0. The number of nitrogen functional groups attached to an aromatic ring is 1. The number of hydrogen-bond donors (Lipinski definition) is 1. The first-order valence-electron chi connectivity index (χ1n) is 6.96. The van der Waals surface area contributed by atoms with Gasteiger partial charge in [0.15, 0.2) is 9.84 Å². The molecule has 1 heterocycles. The van der Waals surface area contributed by atoms with Crippen LogP contribution in [0.2, 0.25) is 0 Å². The molecule has 1 aromatic rings. The van der Waals surface area contributed by atoms with E-state index in [0.717, 1.165) is 13.1 Å². The Balaban J connectivity index is 2.18. The summed E-state index contributed by atoms with van der Waals surface area (Å²) < 4.78 is 35.7. The Bertz CT molecular complexity index is 589. The maximum absolute atomic E-state index is 12.6. The van der Waals surface area contributed by atoms with Crippen LogP contribution in [-0.2, 0) is 14.6 Å². The molecule has 21 heavy (non-hydrogen) atoms. The summed E-state index contributed by atoms with van der Waals surface area (Å²) in [6.45, 7) is 4.97. The van der Waals surface area contributed by atoms with Crippen LogP contribution in [0.15, 0.2) is 23.1 Å². The number of anilines is 1. The Morgan fingerprint density at radius 3 is 2.90 bits per heavy atom. The number of rotatable bonds is 5. The van der Waals surface area contributed by atoms with Gasteiger partial charge in [-0.25, -0.2) is 8.42 Å². The van der Waals surface area contributed by atoms with E-state index in [1.807, 2.05) is 0 Å². The largest absolute Gasteiger partial charge is 0.497 e. The second kappa shape index (κ2) is 6.64. The average molecular weight is 314 g/mol. The molecule has 0 aliphatic carbocycles. The summed E-state index contributed by atoms with van der Waals surface area (Å²) in [5.41, 5.74) is 6.04. The van der Waals surface area contributed by atoms with E-state index in [2.05, 4.69) is 11.8 Å². The van der Waals surface area contributed by atoms with Crippen molar-refractivity contribution >= 4 is 15.5 Å². The first kappa shape index (κ1) is 16.1. The molecule has 0 aromatic heterocycles. The number of hydrogen-bond acceptors (Lipinski definition) is 6. The second-order valence-corrected chi connectivity index (χ2v) is 7.07. The van der Waals surface area contributed by atoms with Crippen molar-refractivity contribution in [3.05, 3.63) is 18.2 Å². The van der Waals surface area contributed by atoms with E-state index in [1.165, 1.54) is 13.2 Å². The van der Waals surface area contributed by atoms with Crippen LogP contribution in [-0.4, -0.2) is 58.5 Å². The predicted octanol–water partition coefficient (Wildman–Crippen LogP) is 0.772. The highest BCUT2D eigenvalue weighted by molar-refractivity contribution is 7.91. The summed E-state index contributed by atoms with van der Waals surface area (Å²) in [5.74, 6) is 0.406. The molecule has 0 radical (unpaired) electrons. The number of likely N-dealkylation sites (N-methyl/N-ethyl adjacent to an activating group) is 1. The molecule has 7 heteroatoms. The number of methoxy groups -OCH3 is 1. The first-order chi connectivity index (χ1) is 9.96. The molecular weight excluding hydrogens is 292 g/mol. The lowest BCUT2D eigenvalue weighted by atomic mass is 10.3. The number of morpholine rings is 1. The zero-order valence-corrected chi connectivity index (χ0v) is 13.2. The van der Waals surface area contributed by atoms with Crippen molar-refractivity contribution in [2.24, 2.45) is 0 Å². The number of benzene rings is 1. The number of nitrogens with two attached hydrogens (primary N) is 1. The number of ether oxygens (including phenoxy) is 2. The molecule has 0 amide bonds. The Morgan fingerprint density at radius 2 is 2.24 bits per heavy atom. The molecule has 2 N–H and O–H groups in total. The van der Waals surface area contributed by atoms with Crippen LogP contribution in [0, 0.1) is 0 Å². The molecule has 118 valence electrons. The van der Waals surface area contributed by atoms with Gasteiger partial charge in [-0.05, 0) is 18.7 Å². The molecule has 6 nitrogen and oxygen atoms in total. The van der Waals surface area contributed by atoms with Crippen molar-refractivity contribution in [3.63, 3.8) is 0 Å². The Kier molecular flexibility index (Phi) is 5.08. The zero-order chi connectivity index (χ0) is 15.5. The van der Waals surface area contributed by atoms with Crippen LogP contribution in [0.1, 0.15) is 6.92 Å². The van der Waals surface area contributed by atoms with E-state index in [9.17, 15) is 8.42 Å². The van der Waals surface area contributed by atoms with Gasteiger partial charge in [0.1, 0.15) is 5.75 Å². The molecule has 1 aliphatic rings. The van der Waals surface area contributed by atoms with Crippen molar-refractivity contribution in [1.29, 1.82) is 0 Å². The molecule has 1 unspecified atom stereocenters. The Hall–Kier alpha value is -1.31. The van der Waals surface area contributed by atoms with E-state index in [4.69, 9.17) is 15.2 Å². The van der Waals surface area contributed by atoms with Crippen molar-refractivity contribution in [3.8, 4) is 5.75 Å². The van der Waals surface area contributed by atoms with Crippen LogP contribution in [0.3, 0.4) is 0 Å². The molecular formula is C14H22N2O4S. The van der Waals surface area contributed by atoms with Crippen LogP contribution in [0.4, 0.5) is 5.69 Å². The minimum atomic E-state index is -3.51. The third-order valence-corrected chi connectivity index (χ3v) is 5.47. The Morgan fingerprint density at radius 1 is 1.48 bits per heavy atom. The molecule has 0 saturated carbocycles. The molecule has 1 atom stereocenters. The first-order valence-corrected chi connectivity index (χ1v) is 8.61. The van der Waals surface area contributed by atoms with E-state index in [1.54, 1.807) is 12.1 Å². The maximum atomic E-state index is 12.6. The quantitative estimate of drug-likeness (QED) is 0.809. The van der Waals surface area contributed by atoms with Crippen molar-refractivity contribution in [2.45, 2.75) is 17.9 Å². The SMILES string of the molecule is CCN1CCOC(CS(=O)(=O)c2cc(OC)ccc2N)C1. The van der Waals surface area contributed by atoms with Crippen molar-refractivity contribution < 1.29 is 17.9 Å². The van der Waals surface area contributed by atoms with Gasteiger partial charge in [0, 0.05) is 19.2 Å². The van der Waals surface area contributed by atoms with Crippen LogP contribution >= 0.6 is 0 Å². The molecule has 0 spiro atoms. The highest BCUT2D eigenvalue weighted by Gasteiger charge is 2.27. The van der Waals surface area contributed by atoms with Crippen LogP contribution in [0.25, 0.3) is 0 Å². The molecule has 1 aliphatic heterocycles. The lowest BCUT2D eigenvalue weighted by Gasteiger charge is -2.31. The van der Waals surface area contributed by atoms with Gasteiger partial charge in [0.25, 0.3) is 0 Å². The summed E-state index contributed by atoms with van der Waals surface area (Å²) in [7, 11) is -2.02. The molecule has 1 fully saturated rings. The van der Waals surface area contributed by atoms with Gasteiger partial charge in [-0.15, -0.1) is 0 Å².